The summed E-state index contributed by atoms with van der Waals surface area (Å²) in [5.74, 6) is -0.185. The predicted molar refractivity (Wildman–Crippen MR) is 72.2 cm³/mol. The SMILES string of the molecule is Cc1ccc(-c2nc([C@@H]3CCCN3)cs2)c(F)c1. The van der Waals surface area contributed by atoms with Gasteiger partial charge in [0.2, 0.25) is 0 Å². The largest absolute Gasteiger partial charge is 0.309 e. The number of nitrogens with zero attached hydrogens (tertiary/aromatic N) is 1. The first-order chi connectivity index (χ1) is 8.74. The van der Waals surface area contributed by atoms with Gasteiger partial charge in [0.15, 0.2) is 0 Å². The lowest BCUT2D eigenvalue weighted by molar-refractivity contribution is 0.625. The van der Waals surface area contributed by atoms with Crippen molar-refractivity contribution in [2.45, 2.75) is 25.8 Å². The van der Waals surface area contributed by atoms with Crippen LogP contribution in [0.15, 0.2) is 23.6 Å². The Morgan fingerprint density at radius 1 is 1.44 bits per heavy atom. The van der Waals surface area contributed by atoms with Crippen molar-refractivity contribution in [3.8, 4) is 10.6 Å². The molecule has 4 heteroatoms. The molecule has 18 heavy (non-hydrogen) atoms. The van der Waals surface area contributed by atoms with Gasteiger partial charge in [-0.3, -0.25) is 0 Å². The lowest BCUT2D eigenvalue weighted by Gasteiger charge is -2.05. The molecule has 0 radical (unpaired) electrons. The summed E-state index contributed by atoms with van der Waals surface area (Å²) in [6, 6.07) is 5.65. The summed E-state index contributed by atoms with van der Waals surface area (Å²) in [4.78, 5) is 4.57. The van der Waals surface area contributed by atoms with Crippen LogP contribution in [0.3, 0.4) is 0 Å². The van der Waals surface area contributed by atoms with Crippen LogP contribution >= 0.6 is 11.3 Å². The molecule has 1 atom stereocenters. The third-order valence-corrected chi connectivity index (χ3v) is 4.19. The molecule has 1 aliphatic rings. The molecule has 1 fully saturated rings. The zero-order valence-corrected chi connectivity index (χ0v) is 11.1. The highest BCUT2D eigenvalue weighted by atomic mass is 32.1. The molecule has 0 unspecified atom stereocenters. The zero-order chi connectivity index (χ0) is 12.5. The molecule has 1 aromatic carbocycles. The van der Waals surface area contributed by atoms with Crippen molar-refractivity contribution in [2.24, 2.45) is 0 Å². The molecule has 0 spiro atoms. The highest BCUT2D eigenvalue weighted by Crippen LogP contribution is 2.31. The number of benzene rings is 1. The number of nitrogens with one attached hydrogen (secondary N) is 1. The molecule has 2 aromatic rings. The molecule has 0 amide bonds. The van der Waals surface area contributed by atoms with Crippen molar-refractivity contribution in [3.05, 3.63) is 40.7 Å². The highest BCUT2D eigenvalue weighted by Gasteiger charge is 2.19. The predicted octanol–water partition coefficient (Wildman–Crippen LogP) is 3.68. The van der Waals surface area contributed by atoms with Crippen LogP contribution in [-0.4, -0.2) is 11.5 Å². The van der Waals surface area contributed by atoms with Crippen molar-refractivity contribution in [3.63, 3.8) is 0 Å². The Kier molecular flexibility index (Phi) is 3.14. The molecular weight excluding hydrogens is 247 g/mol. The van der Waals surface area contributed by atoms with Gasteiger partial charge in [0.05, 0.1) is 11.7 Å². The molecule has 0 bridgehead atoms. The lowest BCUT2D eigenvalue weighted by atomic mass is 10.1. The summed E-state index contributed by atoms with van der Waals surface area (Å²) >= 11 is 1.52. The summed E-state index contributed by atoms with van der Waals surface area (Å²) in [6.07, 6.45) is 2.32. The molecular formula is C14H15FN2S. The van der Waals surface area contributed by atoms with E-state index in [2.05, 4.69) is 10.3 Å². The molecule has 3 rings (SSSR count). The van der Waals surface area contributed by atoms with Crippen LogP contribution in [0.25, 0.3) is 10.6 Å². The number of halogens is 1. The number of thiazole rings is 1. The number of aromatic nitrogens is 1. The van der Waals surface area contributed by atoms with E-state index in [1.165, 1.54) is 17.8 Å². The van der Waals surface area contributed by atoms with Gasteiger partial charge in [-0.1, -0.05) is 6.07 Å². The minimum atomic E-state index is -0.185. The molecule has 0 aliphatic carbocycles. The smallest absolute Gasteiger partial charge is 0.133 e. The van der Waals surface area contributed by atoms with Gasteiger partial charge >= 0.3 is 0 Å². The van der Waals surface area contributed by atoms with Gasteiger partial charge < -0.3 is 5.32 Å². The van der Waals surface area contributed by atoms with Gasteiger partial charge in [-0.15, -0.1) is 11.3 Å². The molecule has 1 aromatic heterocycles. The second kappa shape index (κ2) is 4.78. The Labute approximate surface area is 110 Å². The average molecular weight is 262 g/mol. The minimum absolute atomic E-state index is 0.185. The van der Waals surface area contributed by atoms with Gasteiger partial charge in [-0.2, -0.15) is 0 Å². The monoisotopic (exact) mass is 262 g/mol. The van der Waals surface area contributed by atoms with Crippen molar-refractivity contribution in [1.82, 2.24) is 10.3 Å². The van der Waals surface area contributed by atoms with E-state index in [1.807, 2.05) is 24.4 Å². The van der Waals surface area contributed by atoms with Crippen LogP contribution in [-0.2, 0) is 0 Å². The maximum atomic E-state index is 13.9. The van der Waals surface area contributed by atoms with Crippen LogP contribution in [0.4, 0.5) is 4.39 Å². The molecule has 1 saturated heterocycles. The molecule has 94 valence electrons. The average Bonchev–Trinajstić information content (AvgIpc) is 2.99. The summed E-state index contributed by atoms with van der Waals surface area (Å²) in [7, 11) is 0. The molecule has 1 aliphatic heterocycles. The first kappa shape index (κ1) is 11.8. The van der Waals surface area contributed by atoms with E-state index in [0.717, 1.165) is 29.2 Å². The van der Waals surface area contributed by atoms with E-state index in [9.17, 15) is 4.39 Å². The van der Waals surface area contributed by atoms with E-state index in [-0.39, 0.29) is 5.82 Å². The van der Waals surface area contributed by atoms with Crippen LogP contribution in [0, 0.1) is 12.7 Å². The Balaban J connectivity index is 1.92. The van der Waals surface area contributed by atoms with Crippen LogP contribution in [0.5, 0.6) is 0 Å². The summed E-state index contributed by atoms with van der Waals surface area (Å²) < 4.78 is 13.9. The third-order valence-electron chi connectivity index (χ3n) is 3.29. The minimum Gasteiger partial charge on any atom is -0.309 e. The quantitative estimate of drug-likeness (QED) is 0.893. The van der Waals surface area contributed by atoms with Gasteiger partial charge in [-0.25, -0.2) is 9.37 Å². The van der Waals surface area contributed by atoms with Crippen LogP contribution < -0.4 is 5.32 Å². The lowest BCUT2D eigenvalue weighted by Crippen LogP contribution is -2.12. The van der Waals surface area contributed by atoms with Gasteiger partial charge in [0.25, 0.3) is 0 Å². The first-order valence-electron chi connectivity index (χ1n) is 6.19. The van der Waals surface area contributed by atoms with E-state index in [0.29, 0.717) is 11.6 Å². The molecule has 0 saturated carbocycles. The van der Waals surface area contributed by atoms with Crippen LogP contribution in [0.1, 0.15) is 30.1 Å². The number of hydrogen-bond acceptors (Lipinski definition) is 3. The normalized spacial score (nSPS) is 19.3. The van der Waals surface area contributed by atoms with Gasteiger partial charge in [0, 0.05) is 10.9 Å². The topological polar surface area (TPSA) is 24.9 Å². The number of hydrogen-bond donors (Lipinski definition) is 1. The second-order valence-corrected chi connectivity index (χ2v) is 5.57. The van der Waals surface area contributed by atoms with E-state index in [1.54, 1.807) is 6.07 Å². The van der Waals surface area contributed by atoms with E-state index >= 15 is 0 Å². The zero-order valence-electron chi connectivity index (χ0n) is 10.2. The summed E-state index contributed by atoms with van der Waals surface area (Å²) in [5.41, 5.74) is 2.59. The number of aryl methyl sites for hydroxylation is 1. The Hall–Kier alpha value is -1.26. The molecule has 1 N–H and O–H groups in total. The Bertz CT molecular complexity index is 559. The van der Waals surface area contributed by atoms with E-state index < -0.39 is 0 Å². The Morgan fingerprint density at radius 2 is 2.33 bits per heavy atom. The fourth-order valence-electron chi connectivity index (χ4n) is 2.30. The van der Waals surface area contributed by atoms with E-state index in [4.69, 9.17) is 0 Å². The van der Waals surface area contributed by atoms with Gasteiger partial charge in [-0.05, 0) is 44.0 Å². The second-order valence-electron chi connectivity index (χ2n) is 4.71. The maximum Gasteiger partial charge on any atom is 0.133 e. The maximum absolute atomic E-state index is 13.9. The molecule has 2 nitrogen and oxygen atoms in total. The van der Waals surface area contributed by atoms with Crippen molar-refractivity contribution < 1.29 is 4.39 Å². The van der Waals surface area contributed by atoms with Crippen LogP contribution in [0.2, 0.25) is 0 Å². The first-order valence-corrected chi connectivity index (χ1v) is 7.07. The summed E-state index contributed by atoms with van der Waals surface area (Å²) in [5, 5.41) is 6.23. The highest BCUT2D eigenvalue weighted by molar-refractivity contribution is 7.13. The fourth-order valence-corrected chi connectivity index (χ4v) is 3.20. The fraction of sp³-hybridized carbons (Fsp3) is 0.357. The number of rotatable bonds is 2. The summed E-state index contributed by atoms with van der Waals surface area (Å²) in [6.45, 7) is 2.94. The van der Waals surface area contributed by atoms with Gasteiger partial charge in [0.1, 0.15) is 10.8 Å². The standard InChI is InChI=1S/C14H15FN2S/c1-9-4-5-10(11(15)7-9)14-17-13(8-18-14)12-3-2-6-16-12/h4-5,7-8,12,16H,2-3,6H2,1H3/t12-/m0/s1. The van der Waals surface area contributed by atoms with Crippen molar-refractivity contribution in [2.75, 3.05) is 6.54 Å². The van der Waals surface area contributed by atoms with Crippen molar-refractivity contribution >= 4 is 11.3 Å². The Morgan fingerprint density at radius 3 is 3.06 bits per heavy atom. The van der Waals surface area contributed by atoms with Crippen molar-refractivity contribution in [1.29, 1.82) is 0 Å². The third kappa shape index (κ3) is 2.18. The molecule has 2 heterocycles.